The van der Waals surface area contributed by atoms with Crippen molar-refractivity contribution in [3.05, 3.63) is 58.3 Å². The topological polar surface area (TPSA) is 56.2 Å². The molecule has 0 aliphatic heterocycles. The quantitative estimate of drug-likeness (QED) is 0.882. The van der Waals surface area contributed by atoms with Crippen LogP contribution < -0.4 is 15.6 Å². The SMILES string of the molecule is CCNC(Cn1cnc(C)cc1=O)c1ccccc1OC. The molecule has 21 heavy (non-hydrogen) atoms. The zero-order valence-corrected chi connectivity index (χ0v) is 12.7. The number of benzene rings is 1. The Kier molecular flexibility index (Phi) is 5.11. The third-order valence-electron chi connectivity index (χ3n) is 3.36. The maximum atomic E-state index is 12.0. The van der Waals surface area contributed by atoms with Crippen molar-refractivity contribution in [2.24, 2.45) is 0 Å². The molecule has 0 aliphatic rings. The van der Waals surface area contributed by atoms with E-state index in [1.807, 2.05) is 38.1 Å². The Balaban J connectivity index is 2.33. The Hall–Kier alpha value is -2.14. The van der Waals surface area contributed by atoms with E-state index in [-0.39, 0.29) is 11.6 Å². The molecule has 1 N–H and O–H groups in total. The third kappa shape index (κ3) is 3.70. The molecule has 0 saturated heterocycles. The van der Waals surface area contributed by atoms with Crippen LogP contribution in [0.2, 0.25) is 0 Å². The first-order chi connectivity index (χ1) is 10.2. The van der Waals surface area contributed by atoms with Crippen LogP contribution in [0.4, 0.5) is 0 Å². The van der Waals surface area contributed by atoms with E-state index in [2.05, 4.69) is 10.3 Å². The van der Waals surface area contributed by atoms with Crippen molar-refractivity contribution < 1.29 is 4.74 Å². The summed E-state index contributed by atoms with van der Waals surface area (Å²) < 4.78 is 7.03. The van der Waals surface area contributed by atoms with E-state index in [0.29, 0.717) is 6.54 Å². The summed E-state index contributed by atoms with van der Waals surface area (Å²) >= 11 is 0. The second kappa shape index (κ2) is 7.04. The molecule has 1 heterocycles. The summed E-state index contributed by atoms with van der Waals surface area (Å²) in [5.74, 6) is 0.816. The van der Waals surface area contributed by atoms with E-state index in [4.69, 9.17) is 4.74 Å². The van der Waals surface area contributed by atoms with Gasteiger partial charge in [0.05, 0.1) is 19.5 Å². The minimum Gasteiger partial charge on any atom is -0.496 e. The van der Waals surface area contributed by atoms with Crippen molar-refractivity contribution in [2.45, 2.75) is 26.4 Å². The lowest BCUT2D eigenvalue weighted by Crippen LogP contribution is -2.30. The molecular weight excluding hydrogens is 266 g/mol. The van der Waals surface area contributed by atoms with Crippen LogP contribution in [0.3, 0.4) is 0 Å². The Morgan fingerprint density at radius 3 is 2.81 bits per heavy atom. The minimum atomic E-state index is -0.0414. The van der Waals surface area contributed by atoms with E-state index < -0.39 is 0 Å². The average molecular weight is 287 g/mol. The third-order valence-corrected chi connectivity index (χ3v) is 3.36. The summed E-state index contributed by atoms with van der Waals surface area (Å²) in [4.78, 5) is 16.2. The van der Waals surface area contributed by atoms with Gasteiger partial charge >= 0.3 is 0 Å². The molecule has 2 aromatic rings. The number of aryl methyl sites for hydroxylation is 1. The van der Waals surface area contributed by atoms with Crippen LogP contribution >= 0.6 is 0 Å². The molecule has 5 heteroatoms. The molecule has 0 aliphatic carbocycles. The molecule has 2 rings (SSSR count). The Morgan fingerprint density at radius 1 is 1.38 bits per heavy atom. The number of rotatable bonds is 6. The lowest BCUT2D eigenvalue weighted by Gasteiger charge is -2.21. The Morgan fingerprint density at radius 2 is 2.14 bits per heavy atom. The molecule has 0 radical (unpaired) electrons. The van der Waals surface area contributed by atoms with E-state index in [1.54, 1.807) is 24.1 Å². The number of methoxy groups -OCH3 is 1. The summed E-state index contributed by atoms with van der Waals surface area (Å²) in [7, 11) is 1.65. The summed E-state index contributed by atoms with van der Waals surface area (Å²) in [6, 6.07) is 9.39. The number of aromatic nitrogens is 2. The van der Waals surface area contributed by atoms with Gasteiger partial charge in [-0.05, 0) is 19.5 Å². The molecule has 112 valence electrons. The standard InChI is InChI=1S/C16H21N3O2/c1-4-17-14(13-7-5-6-8-15(13)21-3)10-19-11-18-12(2)9-16(19)20/h5-9,11,14,17H,4,10H2,1-3H3. The molecule has 0 bridgehead atoms. The molecule has 5 nitrogen and oxygen atoms in total. The van der Waals surface area contributed by atoms with Gasteiger partial charge in [-0.15, -0.1) is 0 Å². The van der Waals surface area contributed by atoms with E-state index in [9.17, 15) is 4.79 Å². The monoisotopic (exact) mass is 287 g/mol. The highest BCUT2D eigenvalue weighted by Crippen LogP contribution is 2.25. The lowest BCUT2D eigenvalue weighted by atomic mass is 10.1. The zero-order chi connectivity index (χ0) is 15.2. The first-order valence-corrected chi connectivity index (χ1v) is 7.05. The first kappa shape index (κ1) is 15.3. The van der Waals surface area contributed by atoms with Gasteiger partial charge in [-0.2, -0.15) is 0 Å². The molecule has 0 fully saturated rings. The van der Waals surface area contributed by atoms with Crippen molar-refractivity contribution in [1.29, 1.82) is 0 Å². The predicted molar refractivity (Wildman–Crippen MR) is 82.6 cm³/mol. The fraction of sp³-hybridized carbons (Fsp3) is 0.375. The number of nitrogens with zero attached hydrogens (tertiary/aromatic N) is 2. The minimum absolute atomic E-state index is 0.00615. The molecule has 1 atom stereocenters. The number of nitrogens with one attached hydrogen (secondary N) is 1. The number of likely N-dealkylation sites (N-methyl/N-ethyl adjacent to an activating group) is 1. The van der Waals surface area contributed by atoms with Gasteiger partial charge in [0, 0.05) is 23.9 Å². The summed E-state index contributed by atoms with van der Waals surface area (Å²) in [6.07, 6.45) is 1.59. The predicted octanol–water partition coefficient (Wildman–Crippen LogP) is 1.91. The molecule has 0 amide bonds. The van der Waals surface area contributed by atoms with Gasteiger partial charge in [0.1, 0.15) is 5.75 Å². The van der Waals surface area contributed by atoms with E-state index in [1.165, 1.54) is 0 Å². The summed E-state index contributed by atoms with van der Waals surface area (Å²) in [5, 5.41) is 3.40. The molecular formula is C16H21N3O2. The highest BCUT2D eigenvalue weighted by atomic mass is 16.5. The van der Waals surface area contributed by atoms with Gasteiger partial charge in [-0.3, -0.25) is 9.36 Å². The Bertz CT molecular complexity index is 652. The lowest BCUT2D eigenvalue weighted by molar-refractivity contribution is 0.389. The van der Waals surface area contributed by atoms with E-state index >= 15 is 0 Å². The number of ether oxygens (including phenoxy) is 1. The maximum absolute atomic E-state index is 12.0. The highest BCUT2D eigenvalue weighted by Gasteiger charge is 2.16. The smallest absolute Gasteiger partial charge is 0.253 e. The highest BCUT2D eigenvalue weighted by molar-refractivity contribution is 5.35. The van der Waals surface area contributed by atoms with Crippen molar-refractivity contribution in [2.75, 3.05) is 13.7 Å². The number of hydrogen-bond acceptors (Lipinski definition) is 4. The second-order valence-electron chi connectivity index (χ2n) is 4.87. The zero-order valence-electron chi connectivity index (χ0n) is 12.7. The maximum Gasteiger partial charge on any atom is 0.253 e. The normalized spacial score (nSPS) is 12.1. The van der Waals surface area contributed by atoms with Gasteiger partial charge in [-0.1, -0.05) is 25.1 Å². The van der Waals surface area contributed by atoms with E-state index in [0.717, 1.165) is 23.6 Å². The number of hydrogen-bond donors (Lipinski definition) is 1. The molecule has 1 unspecified atom stereocenters. The molecule has 0 spiro atoms. The van der Waals surface area contributed by atoms with Crippen LogP contribution in [0, 0.1) is 6.92 Å². The van der Waals surface area contributed by atoms with Gasteiger partial charge in [0.15, 0.2) is 0 Å². The van der Waals surface area contributed by atoms with Crippen molar-refractivity contribution in [3.8, 4) is 5.75 Å². The van der Waals surface area contributed by atoms with Crippen LogP contribution in [-0.4, -0.2) is 23.2 Å². The second-order valence-corrected chi connectivity index (χ2v) is 4.87. The van der Waals surface area contributed by atoms with Gasteiger partial charge < -0.3 is 10.1 Å². The molecule has 1 aromatic carbocycles. The average Bonchev–Trinajstić information content (AvgIpc) is 2.49. The largest absolute Gasteiger partial charge is 0.496 e. The van der Waals surface area contributed by atoms with Gasteiger partial charge in [0.25, 0.3) is 5.56 Å². The summed E-state index contributed by atoms with van der Waals surface area (Å²) in [6.45, 7) is 5.17. The fourth-order valence-electron chi connectivity index (χ4n) is 2.32. The van der Waals surface area contributed by atoms with Crippen LogP contribution in [0.25, 0.3) is 0 Å². The summed E-state index contributed by atoms with van der Waals surface area (Å²) in [5.41, 5.74) is 1.73. The van der Waals surface area contributed by atoms with Crippen LogP contribution in [0.15, 0.2) is 41.5 Å². The van der Waals surface area contributed by atoms with Crippen molar-refractivity contribution in [3.63, 3.8) is 0 Å². The first-order valence-electron chi connectivity index (χ1n) is 7.05. The van der Waals surface area contributed by atoms with Crippen LogP contribution in [-0.2, 0) is 6.54 Å². The molecule has 1 aromatic heterocycles. The van der Waals surface area contributed by atoms with Crippen LogP contribution in [0.5, 0.6) is 5.75 Å². The fourth-order valence-corrected chi connectivity index (χ4v) is 2.32. The van der Waals surface area contributed by atoms with Gasteiger partial charge in [0.2, 0.25) is 0 Å². The van der Waals surface area contributed by atoms with Gasteiger partial charge in [-0.25, -0.2) is 4.98 Å². The number of para-hydroxylation sites is 1. The Labute approximate surface area is 124 Å². The van der Waals surface area contributed by atoms with Crippen molar-refractivity contribution in [1.82, 2.24) is 14.9 Å². The van der Waals surface area contributed by atoms with Crippen molar-refractivity contribution >= 4 is 0 Å². The van der Waals surface area contributed by atoms with Crippen LogP contribution in [0.1, 0.15) is 24.2 Å². The molecule has 0 saturated carbocycles.